The molecule has 4 nitrogen and oxygen atoms in total. The van der Waals surface area contributed by atoms with Gasteiger partial charge in [0, 0.05) is 37.6 Å². The molecule has 20 heavy (non-hydrogen) atoms. The van der Waals surface area contributed by atoms with Crippen molar-refractivity contribution in [1.29, 1.82) is 0 Å². The van der Waals surface area contributed by atoms with Crippen LogP contribution in [0.2, 0.25) is 5.02 Å². The van der Waals surface area contributed by atoms with Gasteiger partial charge in [0.05, 0.1) is 0 Å². The fourth-order valence-electron chi connectivity index (χ4n) is 1.76. The van der Waals surface area contributed by atoms with Crippen molar-refractivity contribution in [3.8, 4) is 0 Å². The molecule has 0 saturated heterocycles. The van der Waals surface area contributed by atoms with E-state index in [-0.39, 0.29) is 5.91 Å². The van der Waals surface area contributed by atoms with Gasteiger partial charge in [0.25, 0.3) is 0 Å². The second kappa shape index (κ2) is 9.75. The first-order valence-corrected chi connectivity index (χ1v) is 7.32. The Morgan fingerprint density at radius 2 is 2.05 bits per heavy atom. The second-order valence-electron chi connectivity index (χ2n) is 5.03. The molecule has 1 amide bonds. The van der Waals surface area contributed by atoms with E-state index in [0.717, 1.165) is 36.6 Å². The van der Waals surface area contributed by atoms with Gasteiger partial charge in [-0.25, -0.2) is 0 Å². The molecule has 0 aliphatic heterocycles. The third-order valence-corrected chi connectivity index (χ3v) is 3.12. The molecule has 0 aliphatic carbocycles. The van der Waals surface area contributed by atoms with Crippen LogP contribution in [0, 0.1) is 0 Å². The molecule has 0 aromatic heterocycles. The molecule has 0 radical (unpaired) electrons. The number of hydrogen-bond acceptors (Lipinski definition) is 3. The lowest BCUT2D eigenvalue weighted by molar-refractivity contribution is -0.120. The average Bonchev–Trinajstić information content (AvgIpc) is 2.38. The second-order valence-corrected chi connectivity index (χ2v) is 5.47. The molecule has 0 saturated carbocycles. The van der Waals surface area contributed by atoms with Crippen molar-refractivity contribution >= 4 is 17.5 Å². The highest BCUT2D eigenvalue weighted by atomic mass is 35.5. The topological polar surface area (TPSA) is 44.4 Å². The van der Waals surface area contributed by atoms with Gasteiger partial charge in [-0.2, -0.15) is 0 Å². The van der Waals surface area contributed by atoms with Gasteiger partial charge in [-0.05, 0) is 38.2 Å². The molecule has 5 heteroatoms. The summed E-state index contributed by atoms with van der Waals surface area (Å²) in [4.78, 5) is 13.7. The molecule has 1 aromatic carbocycles. The third kappa shape index (κ3) is 8.15. The van der Waals surface area contributed by atoms with Crippen LogP contribution in [0.3, 0.4) is 0 Å². The monoisotopic (exact) mass is 297 g/mol. The number of carbonyl (C=O) groups excluding carboxylic acids is 1. The highest BCUT2D eigenvalue weighted by Crippen LogP contribution is 2.10. The summed E-state index contributed by atoms with van der Waals surface area (Å²) in [5.41, 5.74) is 1.14. The van der Waals surface area contributed by atoms with E-state index in [1.54, 1.807) is 0 Å². The van der Waals surface area contributed by atoms with E-state index in [2.05, 4.69) is 15.5 Å². The van der Waals surface area contributed by atoms with Crippen LogP contribution >= 0.6 is 11.6 Å². The SMILES string of the molecule is CN(C)CCNCCC(=O)NCCc1cccc(Cl)c1. The number of halogens is 1. The number of nitrogens with one attached hydrogen (secondary N) is 2. The van der Waals surface area contributed by atoms with Crippen molar-refractivity contribution < 1.29 is 4.79 Å². The van der Waals surface area contributed by atoms with E-state index in [1.165, 1.54) is 0 Å². The molecule has 0 unspecified atom stereocenters. The predicted molar refractivity (Wildman–Crippen MR) is 84.2 cm³/mol. The van der Waals surface area contributed by atoms with E-state index in [4.69, 9.17) is 11.6 Å². The molecular formula is C15H24ClN3O. The predicted octanol–water partition coefficient (Wildman–Crippen LogP) is 1.54. The molecule has 0 atom stereocenters. The van der Waals surface area contributed by atoms with E-state index in [9.17, 15) is 4.79 Å². The Balaban J connectivity index is 2.05. The van der Waals surface area contributed by atoms with Crippen molar-refractivity contribution in [2.45, 2.75) is 12.8 Å². The Labute approximate surface area is 126 Å². The van der Waals surface area contributed by atoms with Crippen molar-refractivity contribution in [3.05, 3.63) is 34.9 Å². The lowest BCUT2D eigenvalue weighted by Crippen LogP contribution is -2.32. The standard InChI is InChI=1S/C15H24ClN3O/c1-19(2)11-10-17-8-7-15(20)18-9-6-13-4-3-5-14(16)12-13/h3-5,12,17H,6-11H2,1-2H3,(H,18,20). The van der Waals surface area contributed by atoms with Crippen LogP contribution in [0.1, 0.15) is 12.0 Å². The number of carbonyl (C=O) groups is 1. The molecule has 0 spiro atoms. The van der Waals surface area contributed by atoms with Gasteiger partial charge in [-0.1, -0.05) is 23.7 Å². The molecule has 0 bridgehead atoms. The fraction of sp³-hybridized carbons (Fsp3) is 0.533. The summed E-state index contributed by atoms with van der Waals surface area (Å²) < 4.78 is 0. The first-order chi connectivity index (χ1) is 9.58. The third-order valence-electron chi connectivity index (χ3n) is 2.89. The zero-order chi connectivity index (χ0) is 14.8. The van der Waals surface area contributed by atoms with E-state index >= 15 is 0 Å². The number of hydrogen-bond donors (Lipinski definition) is 2. The van der Waals surface area contributed by atoms with Gasteiger partial charge >= 0.3 is 0 Å². The van der Waals surface area contributed by atoms with Crippen molar-refractivity contribution in [2.24, 2.45) is 0 Å². The quantitative estimate of drug-likeness (QED) is 0.680. The van der Waals surface area contributed by atoms with Gasteiger partial charge in [0.1, 0.15) is 0 Å². The molecule has 0 heterocycles. The summed E-state index contributed by atoms with van der Waals surface area (Å²) in [5.74, 6) is 0.0874. The van der Waals surface area contributed by atoms with Crippen molar-refractivity contribution in [3.63, 3.8) is 0 Å². The smallest absolute Gasteiger partial charge is 0.221 e. The highest BCUT2D eigenvalue weighted by molar-refractivity contribution is 6.30. The zero-order valence-electron chi connectivity index (χ0n) is 12.3. The van der Waals surface area contributed by atoms with Crippen LogP contribution in [0.4, 0.5) is 0 Å². The van der Waals surface area contributed by atoms with Gasteiger partial charge in [-0.3, -0.25) is 4.79 Å². The largest absolute Gasteiger partial charge is 0.356 e. The number of benzene rings is 1. The van der Waals surface area contributed by atoms with Gasteiger partial charge < -0.3 is 15.5 Å². The van der Waals surface area contributed by atoms with Crippen LogP contribution < -0.4 is 10.6 Å². The number of amides is 1. The Hall–Kier alpha value is -1.10. The number of likely N-dealkylation sites (N-methyl/N-ethyl adjacent to an activating group) is 1. The number of rotatable bonds is 9. The average molecular weight is 298 g/mol. The Bertz CT molecular complexity index is 410. The lowest BCUT2D eigenvalue weighted by atomic mass is 10.1. The van der Waals surface area contributed by atoms with Gasteiger partial charge in [0.2, 0.25) is 5.91 Å². The van der Waals surface area contributed by atoms with Crippen LogP contribution in [0.5, 0.6) is 0 Å². The molecule has 0 aliphatic rings. The van der Waals surface area contributed by atoms with Crippen molar-refractivity contribution in [2.75, 3.05) is 40.3 Å². The normalized spacial score (nSPS) is 10.8. The number of nitrogens with zero attached hydrogens (tertiary/aromatic N) is 1. The van der Waals surface area contributed by atoms with Gasteiger partial charge in [-0.15, -0.1) is 0 Å². The Morgan fingerprint density at radius 1 is 1.25 bits per heavy atom. The van der Waals surface area contributed by atoms with Crippen molar-refractivity contribution in [1.82, 2.24) is 15.5 Å². The van der Waals surface area contributed by atoms with Gasteiger partial charge in [0.15, 0.2) is 0 Å². The van der Waals surface area contributed by atoms with Crippen LogP contribution in [0.15, 0.2) is 24.3 Å². The van der Waals surface area contributed by atoms with E-state index in [0.29, 0.717) is 13.0 Å². The van der Waals surface area contributed by atoms with E-state index in [1.807, 2.05) is 38.4 Å². The lowest BCUT2D eigenvalue weighted by Gasteiger charge is -2.10. The molecule has 112 valence electrons. The first-order valence-electron chi connectivity index (χ1n) is 6.94. The Kier molecular flexibility index (Phi) is 8.26. The zero-order valence-corrected chi connectivity index (χ0v) is 13.0. The molecule has 0 fully saturated rings. The fourth-order valence-corrected chi connectivity index (χ4v) is 1.97. The highest BCUT2D eigenvalue weighted by Gasteiger charge is 2.01. The van der Waals surface area contributed by atoms with E-state index < -0.39 is 0 Å². The summed E-state index contributed by atoms with van der Waals surface area (Å²) in [5, 5.41) is 6.90. The van der Waals surface area contributed by atoms with Crippen LogP contribution in [-0.2, 0) is 11.2 Å². The van der Waals surface area contributed by atoms with Crippen LogP contribution in [-0.4, -0.2) is 51.1 Å². The summed E-state index contributed by atoms with van der Waals surface area (Å²) in [6.45, 7) is 3.26. The summed E-state index contributed by atoms with van der Waals surface area (Å²) in [6.07, 6.45) is 1.32. The molecule has 1 rings (SSSR count). The first kappa shape index (κ1) is 17.0. The maximum Gasteiger partial charge on any atom is 0.221 e. The van der Waals surface area contributed by atoms with Crippen LogP contribution in [0.25, 0.3) is 0 Å². The Morgan fingerprint density at radius 3 is 2.75 bits per heavy atom. The summed E-state index contributed by atoms with van der Waals surface area (Å²) in [7, 11) is 4.06. The minimum atomic E-state index is 0.0874. The molecule has 2 N–H and O–H groups in total. The minimum Gasteiger partial charge on any atom is -0.356 e. The molecule has 1 aromatic rings. The summed E-state index contributed by atoms with van der Waals surface area (Å²) in [6, 6.07) is 7.72. The minimum absolute atomic E-state index is 0.0874. The maximum absolute atomic E-state index is 11.6. The summed E-state index contributed by atoms with van der Waals surface area (Å²) >= 11 is 5.91. The molecular weight excluding hydrogens is 274 g/mol. The maximum atomic E-state index is 11.6.